The molecule has 158 valence electrons. The Morgan fingerprint density at radius 2 is 1.77 bits per heavy atom. The summed E-state index contributed by atoms with van der Waals surface area (Å²) < 4.78 is 29.5. The van der Waals surface area contributed by atoms with Crippen molar-refractivity contribution in [3.05, 3.63) is 77.9 Å². The van der Waals surface area contributed by atoms with E-state index in [-0.39, 0.29) is 4.90 Å². The van der Waals surface area contributed by atoms with Gasteiger partial charge in [-0.3, -0.25) is 4.79 Å². The van der Waals surface area contributed by atoms with E-state index < -0.39 is 16.6 Å². The van der Waals surface area contributed by atoms with E-state index in [1.165, 1.54) is 0 Å². The molecule has 0 unspecified atom stereocenters. The molecule has 0 saturated heterocycles. The largest absolute Gasteiger partial charge is 0.497 e. The highest BCUT2D eigenvalue weighted by Crippen LogP contribution is 2.26. The van der Waals surface area contributed by atoms with Gasteiger partial charge in [0.2, 0.25) is 11.9 Å². The maximum Gasteiger partial charge on any atom is 0.248 e. The smallest absolute Gasteiger partial charge is 0.248 e. The monoisotopic (exact) mass is 436 g/mol. The number of nitrogens with one attached hydrogen (secondary N) is 1. The molecular weight excluding hydrogens is 416 g/mol. The number of primary amides is 1. The van der Waals surface area contributed by atoms with Crippen LogP contribution in [0, 0.1) is 0 Å². The molecule has 9 heteroatoms. The lowest BCUT2D eigenvalue weighted by Gasteiger charge is -2.12. The van der Waals surface area contributed by atoms with Crippen molar-refractivity contribution < 1.29 is 17.9 Å². The second-order valence-corrected chi connectivity index (χ2v) is 7.90. The molecule has 3 aromatic carbocycles. The molecule has 8 nitrogen and oxygen atoms in total. The maximum absolute atomic E-state index is 11.6. The molecule has 0 bridgehead atoms. The molecule has 1 heterocycles. The number of nitrogens with zero attached hydrogens (tertiary/aromatic N) is 2. The highest BCUT2D eigenvalue weighted by molar-refractivity contribution is 7.72. The summed E-state index contributed by atoms with van der Waals surface area (Å²) in [7, 11) is -1.02. The number of rotatable bonds is 7. The number of hydrogen-bond acceptors (Lipinski definition) is 6. The highest BCUT2D eigenvalue weighted by Gasteiger charge is 2.14. The van der Waals surface area contributed by atoms with Crippen molar-refractivity contribution in [2.24, 2.45) is 5.73 Å². The fourth-order valence-corrected chi connectivity index (χ4v) is 3.64. The molecule has 0 atom stereocenters. The number of ether oxygens (including phenoxy) is 1. The van der Waals surface area contributed by atoms with Gasteiger partial charge in [0.05, 0.1) is 29.6 Å². The van der Waals surface area contributed by atoms with Crippen LogP contribution in [0.1, 0.15) is 15.9 Å². The quantitative estimate of drug-likeness (QED) is 0.384. The lowest BCUT2D eigenvalue weighted by atomic mass is 10.2. The van der Waals surface area contributed by atoms with Crippen molar-refractivity contribution in [1.82, 2.24) is 9.55 Å². The van der Waals surface area contributed by atoms with Crippen molar-refractivity contribution in [1.29, 1.82) is 0 Å². The minimum atomic E-state index is -2.63. The maximum atomic E-state index is 11.6. The summed E-state index contributed by atoms with van der Waals surface area (Å²) in [6, 6.07) is 19.2. The number of methoxy groups -OCH3 is 1. The predicted octanol–water partition coefficient (Wildman–Crippen LogP) is 2.91. The fraction of sp³-hybridized carbons (Fsp3) is 0.0909. The Morgan fingerprint density at radius 1 is 1.06 bits per heavy atom. The number of thiol groups is 1. The normalized spacial score (nSPS) is 11.0. The molecule has 0 aliphatic carbocycles. The molecule has 1 aromatic heterocycles. The Hall–Kier alpha value is -3.85. The molecule has 0 fully saturated rings. The van der Waals surface area contributed by atoms with E-state index in [0.717, 1.165) is 22.5 Å². The Morgan fingerprint density at radius 3 is 2.39 bits per heavy atom. The second-order valence-electron chi connectivity index (χ2n) is 6.87. The molecular formula is C22H20N4O4S. The van der Waals surface area contributed by atoms with E-state index in [1.807, 2.05) is 28.8 Å². The van der Waals surface area contributed by atoms with Crippen LogP contribution in [0.4, 0.5) is 11.6 Å². The molecule has 0 saturated carbocycles. The van der Waals surface area contributed by atoms with Gasteiger partial charge in [0.25, 0.3) is 0 Å². The van der Waals surface area contributed by atoms with Crippen LogP contribution in [0.2, 0.25) is 0 Å². The third-order valence-electron chi connectivity index (χ3n) is 4.87. The minimum Gasteiger partial charge on any atom is -0.497 e. The van der Waals surface area contributed by atoms with Gasteiger partial charge in [0, 0.05) is 11.3 Å². The number of imidazole rings is 1. The number of anilines is 2. The lowest BCUT2D eigenvalue weighted by Crippen LogP contribution is -2.10. The molecule has 0 radical (unpaired) electrons. The highest BCUT2D eigenvalue weighted by atomic mass is 32.2. The first-order valence-electron chi connectivity index (χ1n) is 9.39. The van der Waals surface area contributed by atoms with Crippen molar-refractivity contribution in [2.75, 3.05) is 12.4 Å². The molecule has 31 heavy (non-hydrogen) atoms. The number of hydrogen-bond donors (Lipinski definition) is 3. The fourth-order valence-electron chi connectivity index (χ4n) is 3.25. The molecule has 0 spiro atoms. The van der Waals surface area contributed by atoms with Crippen molar-refractivity contribution >= 4 is 39.3 Å². The third kappa shape index (κ3) is 4.36. The second kappa shape index (κ2) is 8.49. The Bertz CT molecular complexity index is 1320. The van der Waals surface area contributed by atoms with Gasteiger partial charge >= 0.3 is 0 Å². The van der Waals surface area contributed by atoms with Crippen LogP contribution < -0.4 is 15.8 Å². The average Bonchev–Trinajstić information content (AvgIpc) is 3.10. The summed E-state index contributed by atoms with van der Waals surface area (Å²) in [5.74, 6) is 0.783. The van der Waals surface area contributed by atoms with Gasteiger partial charge in [0.15, 0.2) is 10.7 Å². The molecule has 4 aromatic rings. The van der Waals surface area contributed by atoms with Crippen molar-refractivity contribution in [3.63, 3.8) is 0 Å². The molecule has 4 rings (SSSR count). The molecule has 0 aliphatic rings. The first kappa shape index (κ1) is 20.4. The standard InChI is InChI=1S/C22H20N4O4S/c1-30-17-7-5-16(6-8-17)24-22-25-19-12-15(21(23)27)4-11-20(19)26(22)13-14-2-9-18(10-3-14)31(28)29/h2-12,31H,13H2,1H3,(H2,23,27)(H,24,25). The van der Waals surface area contributed by atoms with Gasteiger partial charge in [-0.1, -0.05) is 12.1 Å². The van der Waals surface area contributed by atoms with Crippen LogP contribution in [0.5, 0.6) is 5.75 Å². The van der Waals surface area contributed by atoms with Gasteiger partial charge in [-0.05, 0) is 60.2 Å². The van der Waals surface area contributed by atoms with E-state index in [1.54, 1.807) is 49.6 Å². The zero-order chi connectivity index (χ0) is 22.0. The Labute approximate surface area is 180 Å². The first-order valence-corrected chi connectivity index (χ1v) is 10.6. The van der Waals surface area contributed by atoms with Crippen LogP contribution in [0.3, 0.4) is 0 Å². The van der Waals surface area contributed by atoms with Crippen molar-refractivity contribution in [3.8, 4) is 5.75 Å². The summed E-state index contributed by atoms with van der Waals surface area (Å²) in [6.07, 6.45) is 0. The van der Waals surface area contributed by atoms with Gasteiger partial charge < -0.3 is 20.4 Å². The van der Waals surface area contributed by atoms with E-state index in [4.69, 9.17) is 10.5 Å². The zero-order valence-electron chi connectivity index (χ0n) is 16.6. The summed E-state index contributed by atoms with van der Waals surface area (Å²) in [6.45, 7) is 0.445. The number of fused-ring (bicyclic) bond motifs is 1. The van der Waals surface area contributed by atoms with Crippen LogP contribution in [0.15, 0.2) is 71.6 Å². The van der Waals surface area contributed by atoms with E-state index in [9.17, 15) is 13.2 Å². The van der Waals surface area contributed by atoms with Gasteiger partial charge in [-0.2, -0.15) is 0 Å². The lowest BCUT2D eigenvalue weighted by molar-refractivity contribution is 0.100. The third-order valence-corrected chi connectivity index (χ3v) is 5.59. The van der Waals surface area contributed by atoms with E-state index in [0.29, 0.717) is 23.6 Å². The first-order chi connectivity index (χ1) is 14.9. The molecule has 1 amide bonds. The van der Waals surface area contributed by atoms with Gasteiger partial charge in [0.1, 0.15) is 5.75 Å². The molecule has 0 aliphatic heterocycles. The zero-order valence-corrected chi connectivity index (χ0v) is 17.5. The number of carbonyl (C=O) groups excluding carboxylic acids is 1. The molecule has 3 N–H and O–H groups in total. The number of carbonyl (C=O) groups is 1. The summed E-state index contributed by atoms with van der Waals surface area (Å²) in [4.78, 5) is 16.5. The van der Waals surface area contributed by atoms with Gasteiger partial charge in [-0.15, -0.1) is 0 Å². The summed E-state index contributed by atoms with van der Waals surface area (Å²) in [5, 5.41) is 3.30. The number of aromatic nitrogens is 2. The van der Waals surface area contributed by atoms with Gasteiger partial charge in [-0.25, -0.2) is 13.4 Å². The number of amides is 1. The number of nitrogens with two attached hydrogens (primary N) is 1. The summed E-state index contributed by atoms with van der Waals surface area (Å²) >= 11 is 0. The average molecular weight is 436 g/mol. The van der Waals surface area contributed by atoms with Crippen molar-refractivity contribution in [2.45, 2.75) is 11.4 Å². The SMILES string of the molecule is COc1ccc(Nc2nc3cc(C(N)=O)ccc3n2Cc2ccc([SH](=O)=O)cc2)cc1. The van der Waals surface area contributed by atoms with Crippen LogP contribution in [-0.4, -0.2) is 31.0 Å². The van der Waals surface area contributed by atoms with Crippen LogP contribution >= 0.6 is 0 Å². The van der Waals surface area contributed by atoms with E-state index in [2.05, 4.69) is 10.3 Å². The Balaban J connectivity index is 1.75. The summed E-state index contributed by atoms with van der Waals surface area (Å²) in [5.41, 5.74) is 8.92. The number of benzene rings is 3. The van der Waals surface area contributed by atoms with Crippen LogP contribution in [0.25, 0.3) is 11.0 Å². The Kier molecular flexibility index (Phi) is 5.59. The topological polar surface area (TPSA) is 116 Å². The predicted molar refractivity (Wildman–Crippen MR) is 119 cm³/mol. The van der Waals surface area contributed by atoms with Crippen LogP contribution in [-0.2, 0) is 17.2 Å². The van der Waals surface area contributed by atoms with E-state index >= 15 is 0 Å². The minimum absolute atomic E-state index is 0.261.